The van der Waals surface area contributed by atoms with Gasteiger partial charge in [0.15, 0.2) is 0 Å². The summed E-state index contributed by atoms with van der Waals surface area (Å²) < 4.78 is 0. The van der Waals surface area contributed by atoms with E-state index >= 15 is 0 Å². The van der Waals surface area contributed by atoms with E-state index in [4.69, 9.17) is 5.21 Å². The Bertz CT molecular complexity index is 268. The van der Waals surface area contributed by atoms with Gasteiger partial charge in [0.05, 0.1) is 6.42 Å². The Balaban J connectivity index is 2.26. The molecule has 6 nitrogen and oxygen atoms in total. The zero-order chi connectivity index (χ0) is 12.5. The molecule has 6 heteroatoms. The third-order valence-electron chi connectivity index (χ3n) is 2.70. The Labute approximate surface area is 102 Å². The van der Waals surface area contributed by atoms with Gasteiger partial charge in [-0.25, -0.2) is 5.48 Å². The van der Waals surface area contributed by atoms with Gasteiger partial charge < -0.3 is 15.4 Å². The fraction of sp³-hybridized carbons (Fsp3) is 0.818. The first-order valence-corrected chi connectivity index (χ1v) is 6.09. The highest BCUT2D eigenvalue weighted by Gasteiger charge is 2.15. The van der Waals surface area contributed by atoms with E-state index in [1.54, 1.807) is 0 Å². The largest absolute Gasteiger partial charge is 0.341 e. The summed E-state index contributed by atoms with van der Waals surface area (Å²) in [7, 11) is 0. The highest BCUT2D eigenvalue weighted by molar-refractivity contribution is 5.99. The van der Waals surface area contributed by atoms with E-state index in [9.17, 15) is 4.79 Å². The van der Waals surface area contributed by atoms with E-state index in [1.165, 1.54) is 0 Å². The van der Waals surface area contributed by atoms with Crippen molar-refractivity contribution >= 4 is 11.6 Å². The topological polar surface area (TPSA) is 77.0 Å². The molecule has 0 unspecified atom stereocenters. The highest BCUT2D eigenvalue weighted by atomic mass is 16.5. The van der Waals surface area contributed by atoms with Gasteiger partial charge in [0.1, 0.15) is 0 Å². The molecule has 0 saturated heterocycles. The molecule has 1 heterocycles. The molecule has 0 spiro atoms. The second-order valence-corrected chi connectivity index (χ2v) is 4.19. The van der Waals surface area contributed by atoms with E-state index in [0.29, 0.717) is 19.5 Å². The molecule has 0 aliphatic carbocycles. The molecule has 0 aromatic heterocycles. The summed E-state index contributed by atoms with van der Waals surface area (Å²) in [5.41, 5.74) is 3.01. The Morgan fingerprint density at radius 2 is 2.24 bits per heavy atom. The molecule has 0 radical (unpaired) electrons. The predicted molar refractivity (Wildman–Crippen MR) is 66.4 cm³/mol. The van der Waals surface area contributed by atoms with Crippen molar-refractivity contribution in [1.29, 1.82) is 0 Å². The summed E-state index contributed by atoms with van der Waals surface area (Å²) in [6, 6.07) is 0. The average Bonchev–Trinajstić information content (AvgIpc) is 2.29. The van der Waals surface area contributed by atoms with Gasteiger partial charge >= 0.3 is 0 Å². The van der Waals surface area contributed by atoms with Gasteiger partial charge in [-0.15, -0.1) is 0 Å². The number of nitrogens with one attached hydrogen (secondary N) is 2. The predicted octanol–water partition coefficient (Wildman–Crippen LogP) is -0.362. The summed E-state index contributed by atoms with van der Waals surface area (Å²) in [6.45, 7) is 6.19. The summed E-state index contributed by atoms with van der Waals surface area (Å²) in [4.78, 5) is 18.1. The number of carbonyl (C=O) groups excluding carboxylic acids is 1. The van der Waals surface area contributed by atoms with Gasteiger partial charge in [-0.3, -0.25) is 9.79 Å². The fourth-order valence-corrected chi connectivity index (χ4v) is 1.76. The summed E-state index contributed by atoms with van der Waals surface area (Å²) >= 11 is 0. The van der Waals surface area contributed by atoms with Crippen molar-refractivity contribution in [2.45, 2.75) is 19.8 Å². The first kappa shape index (κ1) is 14.1. The lowest BCUT2D eigenvalue weighted by atomic mass is 10.2. The van der Waals surface area contributed by atoms with Crippen LogP contribution >= 0.6 is 0 Å². The number of amides is 1. The van der Waals surface area contributed by atoms with E-state index in [2.05, 4.69) is 15.8 Å². The fourth-order valence-electron chi connectivity index (χ4n) is 1.76. The maximum Gasteiger partial charge on any atom is 0.228 e. The van der Waals surface area contributed by atoms with Crippen LogP contribution in [0.4, 0.5) is 0 Å². The molecular weight excluding hydrogens is 220 g/mol. The van der Waals surface area contributed by atoms with Crippen LogP contribution in [0.25, 0.3) is 0 Å². The Morgan fingerprint density at radius 3 is 3.00 bits per heavy atom. The van der Waals surface area contributed by atoms with Crippen molar-refractivity contribution in [3.8, 4) is 0 Å². The quantitative estimate of drug-likeness (QED) is 0.439. The molecule has 0 aromatic rings. The van der Waals surface area contributed by atoms with Crippen LogP contribution in [0.3, 0.4) is 0 Å². The molecule has 17 heavy (non-hydrogen) atoms. The second-order valence-electron chi connectivity index (χ2n) is 4.19. The van der Waals surface area contributed by atoms with E-state index < -0.39 is 0 Å². The third-order valence-corrected chi connectivity index (χ3v) is 2.70. The number of nitrogens with zero attached hydrogens (tertiary/aromatic N) is 2. The first-order chi connectivity index (χ1) is 8.24. The van der Waals surface area contributed by atoms with E-state index in [-0.39, 0.29) is 5.91 Å². The number of carbonyl (C=O) groups is 1. The summed E-state index contributed by atoms with van der Waals surface area (Å²) in [6.07, 6.45) is 1.37. The van der Waals surface area contributed by atoms with Gasteiger partial charge in [0.25, 0.3) is 0 Å². The van der Waals surface area contributed by atoms with E-state index in [1.807, 2.05) is 11.8 Å². The van der Waals surface area contributed by atoms with Crippen molar-refractivity contribution < 1.29 is 10.0 Å². The van der Waals surface area contributed by atoms with Crippen LogP contribution in [0, 0.1) is 0 Å². The van der Waals surface area contributed by atoms with Crippen LogP contribution in [0.5, 0.6) is 0 Å². The van der Waals surface area contributed by atoms with Gasteiger partial charge in [-0.05, 0) is 13.3 Å². The minimum absolute atomic E-state index is 0.160. The molecule has 1 aliphatic heterocycles. The van der Waals surface area contributed by atoms with Crippen LogP contribution in [-0.4, -0.2) is 61.0 Å². The smallest absolute Gasteiger partial charge is 0.228 e. The maximum absolute atomic E-state index is 11.9. The van der Waals surface area contributed by atoms with Gasteiger partial charge in [-0.2, -0.15) is 0 Å². The molecule has 1 rings (SSSR count). The normalized spacial score (nSPS) is 17.6. The number of hydrogen-bond donors (Lipinski definition) is 3. The molecule has 0 atom stereocenters. The Morgan fingerprint density at radius 1 is 1.41 bits per heavy atom. The van der Waals surface area contributed by atoms with Gasteiger partial charge in [0.2, 0.25) is 5.91 Å². The zero-order valence-electron chi connectivity index (χ0n) is 10.4. The zero-order valence-corrected chi connectivity index (χ0v) is 10.4. The maximum atomic E-state index is 11.9. The van der Waals surface area contributed by atoms with Crippen LogP contribution in [0.1, 0.15) is 19.8 Å². The SMILES string of the molecule is CC1=NCCCN(CCNCCNO)C(=O)C1. The molecule has 0 saturated carbocycles. The van der Waals surface area contributed by atoms with Crippen LogP contribution < -0.4 is 10.8 Å². The lowest BCUT2D eigenvalue weighted by Crippen LogP contribution is -2.40. The van der Waals surface area contributed by atoms with Crippen molar-refractivity contribution in [2.24, 2.45) is 4.99 Å². The number of rotatable bonds is 6. The van der Waals surface area contributed by atoms with Crippen LogP contribution in [0.15, 0.2) is 4.99 Å². The molecule has 1 amide bonds. The highest BCUT2D eigenvalue weighted by Crippen LogP contribution is 2.02. The van der Waals surface area contributed by atoms with Gasteiger partial charge in [0, 0.05) is 45.0 Å². The summed E-state index contributed by atoms with van der Waals surface area (Å²) in [5.74, 6) is 0.160. The Kier molecular flexibility index (Phi) is 6.76. The molecule has 0 bridgehead atoms. The number of hydrogen-bond acceptors (Lipinski definition) is 5. The van der Waals surface area contributed by atoms with Crippen molar-refractivity contribution in [3.05, 3.63) is 0 Å². The monoisotopic (exact) mass is 242 g/mol. The number of aliphatic imine (C=N–C) groups is 1. The molecule has 0 fully saturated rings. The van der Waals surface area contributed by atoms with Crippen LogP contribution in [-0.2, 0) is 4.79 Å². The standard InChI is InChI=1S/C11H22N4O2/c1-10-9-11(16)15(7-2-3-13-10)8-6-12-4-5-14-17/h12,14,17H,2-9H2,1H3. The average molecular weight is 242 g/mol. The Hall–Kier alpha value is -0.980. The summed E-state index contributed by atoms with van der Waals surface area (Å²) in [5, 5.41) is 11.5. The van der Waals surface area contributed by atoms with Crippen molar-refractivity contribution in [3.63, 3.8) is 0 Å². The molecule has 3 N–H and O–H groups in total. The van der Waals surface area contributed by atoms with Gasteiger partial charge in [-0.1, -0.05) is 0 Å². The van der Waals surface area contributed by atoms with Crippen molar-refractivity contribution in [2.75, 3.05) is 39.3 Å². The van der Waals surface area contributed by atoms with Crippen molar-refractivity contribution in [1.82, 2.24) is 15.7 Å². The number of hydroxylamine groups is 1. The molecular formula is C11H22N4O2. The molecule has 98 valence electrons. The lowest BCUT2D eigenvalue weighted by molar-refractivity contribution is -0.130. The first-order valence-electron chi connectivity index (χ1n) is 6.09. The third kappa shape index (κ3) is 5.76. The van der Waals surface area contributed by atoms with Crippen LogP contribution in [0.2, 0.25) is 0 Å². The lowest BCUT2D eigenvalue weighted by Gasteiger charge is -2.24. The molecule has 0 aromatic carbocycles. The molecule has 1 aliphatic rings. The second kappa shape index (κ2) is 8.16. The van der Waals surface area contributed by atoms with E-state index in [0.717, 1.165) is 38.3 Å². The minimum atomic E-state index is 0.160. The minimum Gasteiger partial charge on any atom is -0.341 e.